The maximum atomic E-state index is 11.6. The molecule has 9 heteroatoms. The first-order chi connectivity index (χ1) is 10.3. The molecule has 6 nitrogen and oxygen atoms in total. The zero-order chi connectivity index (χ0) is 16.6. The molecule has 0 aromatic heterocycles. The van der Waals surface area contributed by atoms with E-state index >= 15 is 0 Å². The summed E-state index contributed by atoms with van der Waals surface area (Å²) in [5.74, 6) is -2.44. The van der Waals surface area contributed by atoms with Crippen LogP contribution in [-0.4, -0.2) is 38.0 Å². The van der Waals surface area contributed by atoms with Gasteiger partial charge in [-0.05, 0) is 30.8 Å². The van der Waals surface area contributed by atoms with Gasteiger partial charge in [0.05, 0.1) is 16.1 Å². The number of rotatable bonds is 2. The van der Waals surface area contributed by atoms with Crippen molar-refractivity contribution >= 4 is 58.3 Å². The van der Waals surface area contributed by atoms with Gasteiger partial charge in [-0.15, -0.1) is 0 Å². The first-order valence-electron chi connectivity index (χ1n) is 6.03. The summed E-state index contributed by atoms with van der Waals surface area (Å²) in [5.41, 5.74) is 0.469. The SMILES string of the molecule is CC1=NC(=S)N(C(=O)O)C(c2cccc(Cl)c2Cl)C1C(=O)O. The van der Waals surface area contributed by atoms with Crippen LogP contribution in [0.3, 0.4) is 0 Å². The summed E-state index contributed by atoms with van der Waals surface area (Å²) < 4.78 is 0. The second kappa shape index (κ2) is 6.20. The minimum absolute atomic E-state index is 0.0872. The van der Waals surface area contributed by atoms with Gasteiger partial charge < -0.3 is 10.2 Å². The van der Waals surface area contributed by atoms with Crippen molar-refractivity contribution in [2.75, 3.05) is 0 Å². The number of hydrogen-bond donors (Lipinski definition) is 2. The van der Waals surface area contributed by atoms with E-state index in [9.17, 15) is 19.8 Å². The summed E-state index contributed by atoms with van der Waals surface area (Å²) in [6.45, 7) is 1.48. The molecule has 2 rings (SSSR count). The van der Waals surface area contributed by atoms with E-state index in [4.69, 9.17) is 35.4 Å². The van der Waals surface area contributed by atoms with Crippen LogP contribution in [0.25, 0.3) is 0 Å². The zero-order valence-electron chi connectivity index (χ0n) is 11.2. The van der Waals surface area contributed by atoms with Crippen LogP contribution in [0.5, 0.6) is 0 Å². The van der Waals surface area contributed by atoms with Crippen LogP contribution >= 0.6 is 35.4 Å². The number of thiocarbonyl (C=S) groups is 1. The molecule has 0 bridgehead atoms. The van der Waals surface area contributed by atoms with Crippen LogP contribution < -0.4 is 0 Å². The first kappa shape index (κ1) is 16.7. The third-order valence-corrected chi connectivity index (χ3v) is 4.42. The first-order valence-corrected chi connectivity index (χ1v) is 7.20. The molecule has 1 aliphatic rings. The predicted molar refractivity (Wildman–Crippen MR) is 85.9 cm³/mol. The standard InChI is InChI=1S/C13H10Cl2N2O4S/c1-5-8(11(18)19)10(17(13(20)21)12(22)16-5)6-3-2-4-7(14)9(6)15/h2-4,8,10H,1H3,(H,18,19)(H,20,21). The number of amides is 1. The van der Waals surface area contributed by atoms with E-state index in [-0.39, 0.29) is 26.4 Å². The molecule has 2 unspecified atom stereocenters. The molecule has 1 amide bonds. The lowest BCUT2D eigenvalue weighted by Gasteiger charge is -2.36. The molecule has 22 heavy (non-hydrogen) atoms. The van der Waals surface area contributed by atoms with E-state index < -0.39 is 24.0 Å². The van der Waals surface area contributed by atoms with Gasteiger partial charge in [0.2, 0.25) is 5.11 Å². The van der Waals surface area contributed by atoms with Crippen molar-refractivity contribution in [3.8, 4) is 0 Å². The second-order valence-electron chi connectivity index (χ2n) is 4.59. The van der Waals surface area contributed by atoms with Crippen molar-refractivity contribution in [3.63, 3.8) is 0 Å². The highest BCUT2D eigenvalue weighted by molar-refractivity contribution is 7.80. The lowest BCUT2D eigenvalue weighted by atomic mass is 9.87. The molecular weight excluding hydrogens is 351 g/mol. The predicted octanol–water partition coefficient (Wildman–Crippen LogP) is 3.47. The van der Waals surface area contributed by atoms with Crippen LogP contribution in [0.4, 0.5) is 4.79 Å². The minimum atomic E-state index is -1.41. The summed E-state index contributed by atoms with van der Waals surface area (Å²) in [6.07, 6.45) is -1.41. The summed E-state index contributed by atoms with van der Waals surface area (Å²) in [4.78, 5) is 27.7. The summed E-state index contributed by atoms with van der Waals surface area (Å²) >= 11 is 17.0. The molecule has 0 saturated heterocycles. The molecule has 2 N–H and O–H groups in total. The zero-order valence-corrected chi connectivity index (χ0v) is 13.5. The van der Waals surface area contributed by atoms with Gasteiger partial charge in [-0.1, -0.05) is 35.3 Å². The third-order valence-electron chi connectivity index (χ3n) is 3.29. The molecule has 1 heterocycles. The van der Waals surface area contributed by atoms with Crippen molar-refractivity contribution in [1.82, 2.24) is 4.90 Å². The fraction of sp³-hybridized carbons (Fsp3) is 0.231. The number of carboxylic acids is 1. The number of halogens is 2. The summed E-state index contributed by atoms with van der Waals surface area (Å²) in [7, 11) is 0. The van der Waals surface area contributed by atoms with Crippen molar-refractivity contribution < 1.29 is 19.8 Å². The van der Waals surface area contributed by atoms with Crippen LogP contribution in [0, 0.1) is 5.92 Å². The van der Waals surface area contributed by atoms with E-state index in [1.807, 2.05) is 0 Å². The lowest BCUT2D eigenvalue weighted by molar-refractivity contribution is -0.140. The largest absolute Gasteiger partial charge is 0.481 e. The number of benzene rings is 1. The van der Waals surface area contributed by atoms with E-state index in [2.05, 4.69) is 4.99 Å². The number of hydrogen-bond acceptors (Lipinski definition) is 3. The van der Waals surface area contributed by atoms with Gasteiger partial charge >= 0.3 is 12.1 Å². The van der Waals surface area contributed by atoms with E-state index in [1.165, 1.54) is 19.1 Å². The van der Waals surface area contributed by atoms with Crippen LogP contribution in [0.2, 0.25) is 10.0 Å². The maximum absolute atomic E-state index is 11.6. The fourth-order valence-electron chi connectivity index (χ4n) is 2.35. The van der Waals surface area contributed by atoms with Crippen molar-refractivity contribution in [2.24, 2.45) is 10.9 Å². The molecule has 0 saturated carbocycles. The van der Waals surface area contributed by atoms with E-state index in [1.54, 1.807) is 6.07 Å². The Balaban J connectivity index is 2.71. The highest BCUT2D eigenvalue weighted by Crippen LogP contribution is 2.40. The smallest absolute Gasteiger partial charge is 0.414 e. The van der Waals surface area contributed by atoms with Crippen LogP contribution in [0.1, 0.15) is 18.5 Å². The van der Waals surface area contributed by atoms with Crippen LogP contribution in [0.15, 0.2) is 23.2 Å². The number of carbonyl (C=O) groups is 2. The Bertz CT molecular complexity index is 707. The van der Waals surface area contributed by atoms with Gasteiger partial charge in [0.15, 0.2) is 0 Å². The minimum Gasteiger partial charge on any atom is -0.481 e. The quantitative estimate of drug-likeness (QED) is 0.788. The van der Waals surface area contributed by atoms with Crippen LogP contribution in [-0.2, 0) is 4.79 Å². The Labute approximate surface area is 141 Å². The molecule has 1 aliphatic heterocycles. The van der Waals surface area contributed by atoms with E-state index in [0.717, 1.165) is 4.90 Å². The Hall–Kier alpha value is -1.70. The van der Waals surface area contributed by atoms with Gasteiger partial charge in [0.25, 0.3) is 0 Å². The third kappa shape index (κ3) is 2.79. The lowest BCUT2D eigenvalue weighted by Crippen LogP contribution is -2.48. The molecule has 1 aromatic rings. The van der Waals surface area contributed by atoms with Gasteiger partial charge in [0, 0.05) is 5.71 Å². The van der Waals surface area contributed by atoms with Gasteiger partial charge in [0.1, 0.15) is 5.92 Å². The monoisotopic (exact) mass is 360 g/mol. The highest BCUT2D eigenvalue weighted by atomic mass is 35.5. The van der Waals surface area contributed by atoms with Crippen molar-refractivity contribution in [1.29, 1.82) is 0 Å². The summed E-state index contributed by atoms with van der Waals surface area (Å²) in [6, 6.07) is 3.47. The highest BCUT2D eigenvalue weighted by Gasteiger charge is 2.44. The molecule has 0 radical (unpaired) electrons. The fourth-order valence-corrected chi connectivity index (χ4v) is 3.11. The van der Waals surface area contributed by atoms with Gasteiger partial charge in [-0.3, -0.25) is 4.79 Å². The Kier molecular flexibility index (Phi) is 4.69. The number of carboxylic acid groups (broad SMARTS) is 2. The Morgan fingerprint density at radius 3 is 2.50 bits per heavy atom. The summed E-state index contributed by atoms with van der Waals surface area (Å²) in [5, 5.41) is 18.9. The second-order valence-corrected chi connectivity index (χ2v) is 5.74. The van der Waals surface area contributed by atoms with Gasteiger partial charge in [-0.25, -0.2) is 14.7 Å². The molecule has 0 spiro atoms. The molecule has 116 valence electrons. The number of aliphatic imine (C=N–C) groups is 1. The van der Waals surface area contributed by atoms with Crippen molar-refractivity contribution in [2.45, 2.75) is 13.0 Å². The Morgan fingerprint density at radius 2 is 1.95 bits per heavy atom. The topological polar surface area (TPSA) is 90.2 Å². The van der Waals surface area contributed by atoms with Crippen molar-refractivity contribution in [3.05, 3.63) is 33.8 Å². The average molecular weight is 361 g/mol. The van der Waals surface area contributed by atoms with E-state index in [0.29, 0.717) is 0 Å². The van der Waals surface area contributed by atoms with Gasteiger partial charge in [-0.2, -0.15) is 0 Å². The normalized spacial score (nSPS) is 21.5. The maximum Gasteiger partial charge on any atom is 0.414 e. The molecule has 2 atom stereocenters. The molecule has 1 aromatic carbocycles. The molecular formula is C13H10Cl2N2O4S. The molecule has 0 fully saturated rings. The number of aliphatic carboxylic acids is 1. The Morgan fingerprint density at radius 1 is 1.32 bits per heavy atom. The average Bonchev–Trinajstić information content (AvgIpc) is 2.39. The molecule has 0 aliphatic carbocycles. The number of nitrogens with zero attached hydrogens (tertiary/aromatic N) is 2.